The molecule has 1 fully saturated rings. The van der Waals surface area contributed by atoms with Gasteiger partial charge < -0.3 is 19.5 Å². The van der Waals surface area contributed by atoms with Gasteiger partial charge in [-0.2, -0.15) is 0 Å². The van der Waals surface area contributed by atoms with Crippen molar-refractivity contribution in [1.82, 2.24) is 4.98 Å². The molecule has 0 spiro atoms. The molecule has 1 saturated heterocycles. The van der Waals surface area contributed by atoms with Crippen LogP contribution in [-0.2, 0) is 0 Å². The van der Waals surface area contributed by atoms with E-state index in [1.165, 1.54) is 18.2 Å². The van der Waals surface area contributed by atoms with E-state index >= 15 is 0 Å². The fourth-order valence-corrected chi connectivity index (χ4v) is 3.78. The molecule has 2 aromatic carbocycles. The predicted octanol–water partition coefficient (Wildman–Crippen LogP) is 5.07. The van der Waals surface area contributed by atoms with Crippen LogP contribution >= 0.6 is 0 Å². The number of fused-ring (bicyclic) bond motifs is 2. The second-order valence-corrected chi connectivity index (χ2v) is 7.58. The van der Waals surface area contributed by atoms with Crippen LogP contribution in [0.25, 0.3) is 11.1 Å². The van der Waals surface area contributed by atoms with Gasteiger partial charge in [-0.15, -0.1) is 13.2 Å². The van der Waals surface area contributed by atoms with E-state index in [-0.39, 0.29) is 17.5 Å². The summed E-state index contributed by atoms with van der Waals surface area (Å²) in [4.78, 5) is 10.8. The maximum atomic E-state index is 12.5. The highest BCUT2D eigenvalue weighted by Gasteiger charge is 2.31. The van der Waals surface area contributed by atoms with Gasteiger partial charge in [-0.05, 0) is 53.9 Å². The summed E-state index contributed by atoms with van der Waals surface area (Å²) < 4.78 is 47.4. The summed E-state index contributed by atoms with van der Waals surface area (Å²) in [6.07, 6.45) is -1.12. The largest absolute Gasteiger partial charge is 0.573 e. The number of alkyl halides is 3. The molecule has 32 heavy (non-hydrogen) atoms. The molecular formula is C23H18F3N3O3. The average Bonchev–Trinajstić information content (AvgIpc) is 3.11. The third-order valence-electron chi connectivity index (χ3n) is 5.30. The number of aliphatic hydroxyl groups excluding tert-OH is 1. The van der Waals surface area contributed by atoms with Crippen molar-refractivity contribution in [3.8, 4) is 28.4 Å². The van der Waals surface area contributed by atoms with Gasteiger partial charge in [-0.25, -0.2) is 4.98 Å². The number of rotatable bonds is 3. The lowest BCUT2D eigenvalue weighted by atomic mass is 10.0. The van der Waals surface area contributed by atoms with E-state index in [0.717, 1.165) is 29.9 Å². The first-order chi connectivity index (χ1) is 15.3. The highest BCUT2D eigenvalue weighted by molar-refractivity contribution is 5.90. The number of hydrogen-bond acceptors (Lipinski definition) is 6. The number of aromatic nitrogens is 1. The fourth-order valence-electron chi connectivity index (χ4n) is 3.78. The zero-order valence-electron chi connectivity index (χ0n) is 16.7. The lowest BCUT2D eigenvalue weighted by Gasteiger charge is -2.17. The fraction of sp³-hybridized carbons (Fsp3) is 0.217. The number of β-amino-alcohol motifs (C(OH)–C–C–N with tert-alkyl or cyclic N) is 1. The molecule has 0 amide bonds. The third kappa shape index (κ3) is 4.24. The number of halogens is 3. The molecule has 3 heterocycles. The summed E-state index contributed by atoms with van der Waals surface area (Å²) in [7, 11) is 0. The van der Waals surface area contributed by atoms with Crippen LogP contribution in [0.4, 0.5) is 24.7 Å². The predicted molar refractivity (Wildman–Crippen MR) is 113 cm³/mol. The molecule has 1 aromatic heterocycles. The number of hydrogen-bond donors (Lipinski definition) is 1. The molecule has 1 unspecified atom stereocenters. The Morgan fingerprint density at radius 2 is 1.84 bits per heavy atom. The SMILES string of the molecule is OC1CCN(c2cc(-c3ccc4c(c3)C=Nc3cc(OC(F)(F)F)ccc3O4)ccn2)C1. The molecule has 2 aliphatic rings. The van der Waals surface area contributed by atoms with E-state index in [1.54, 1.807) is 18.5 Å². The number of pyridine rings is 1. The smallest absolute Gasteiger partial charge is 0.454 e. The zero-order chi connectivity index (χ0) is 22.3. The highest BCUT2D eigenvalue weighted by atomic mass is 19.4. The Morgan fingerprint density at radius 3 is 2.62 bits per heavy atom. The van der Waals surface area contributed by atoms with E-state index < -0.39 is 6.36 Å². The quantitative estimate of drug-likeness (QED) is 0.481. The monoisotopic (exact) mass is 441 g/mol. The van der Waals surface area contributed by atoms with E-state index in [4.69, 9.17) is 4.74 Å². The second kappa shape index (κ2) is 7.83. The van der Waals surface area contributed by atoms with Gasteiger partial charge in [0.15, 0.2) is 5.75 Å². The van der Waals surface area contributed by atoms with Crippen LogP contribution in [0.3, 0.4) is 0 Å². The Labute approximate surface area is 181 Å². The number of ether oxygens (including phenoxy) is 2. The first-order valence-corrected chi connectivity index (χ1v) is 9.99. The molecule has 0 aliphatic carbocycles. The maximum absolute atomic E-state index is 12.5. The number of anilines is 1. The summed E-state index contributed by atoms with van der Waals surface area (Å²) >= 11 is 0. The Bertz CT molecular complexity index is 1200. The molecule has 1 N–H and O–H groups in total. The van der Waals surface area contributed by atoms with Gasteiger partial charge in [-0.3, -0.25) is 4.99 Å². The first-order valence-electron chi connectivity index (χ1n) is 9.99. The van der Waals surface area contributed by atoms with Crippen molar-refractivity contribution in [2.45, 2.75) is 18.9 Å². The van der Waals surface area contributed by atoms with E-state index in [0.29, 0.717) is 23.6 Å². The van der Waals surface area contributed by atoms with Crippen LogP contribution in [0.2, 0.25) is 0 Å². The van der Waals surface area contributed by atoms with Gasteiger partial charge in [-0.1, -0.05) is 6.07 Å². The molecule has 9 heteroatoms. The number of aliphatic hydroxyl groups is 1. The minimum absolute atomic E-state index is 0.239. The summed E-state index contributed by atoms with van der Waals surface area (Å²) in [6.45, 7) is 1.31. The highest BCUT2D eigenvalue weighted by Crippen LogP contribution is 2.40. The number of aliphatic imine (C=N–C) groups is 1. The van der Waals surface area contributed by atoms with Gasteiger partial charge in [0.05, 0.1) is 6.10 Å². The van der Waals surface area contributed by atoms with Crippen LogP contribution < -0.4 is 14.4 Å². The topological polar surface area (TPSA) is 67.2 Å². The second-order valence-electron chi connectivity index (χ2n) is 7.58. The average molecular weight is 441 g/mol. The van der Waals surface area contributed by atoms with Gasteiger partial charge in [0, 0.05) is 37.1 Å². The van der Waals surface area contributed by atoms with Gasteiger partial charge in [0.25, 0.3) is 0 Å². The Hall–Kier alpha value is -3.59. The lowest BCUT2D eigenvalue weighted by Crippen LogP contribution is -2.22. The molecule has 6 nitrogen and oxygen atoms in total. The van der Waals surface area contributed by atoms with E-state index in [2.05, 4.69) is 14.7 Å². The normalized spacial score (nSPS) is 17.4. The standard InChI is InChI=1S/C23H18F3N3O3/c24-23(25,26)32-18-2-4-21-19(11-18)28-12-16-9-14(1-3-20(16)31-21)15-5-7-27-22(10-15)29-8-6-17(30)13-29/h1-5,7,9-12,17,30H,6,8,13H2. The van der Waals surface area contributed by atoms with Crippen molar-refractivity contribution in [2.75, 3.05) is 18.0 Å². The number of nitrogens with zero attached hydrogens (tertiary/aromatic N) is 3. The van der Waals surface area contributed by atoms with Gasteiger partial charge in [0.1, 0.15) is 23.0 Å². The van der Waals surface area contributed by atoms with Crippen molar-refractivity contribution < 1.29 is 27.8 Å². The molecule has 3 aromatic rings. The van der Waals surface area contributed by atoms with Crippen LogP contribution in [0, 0.1) is 0 Å². The van der Waals surface area contributed by atoms with Crippen molar-refractivity contribution in [3.63, 3.8) is 0 Å². The van der Waals surface area contributed by atoms with Crippen LogP contribution in [-0.4, -0.2) is 41.9 Å². The Kier molecular flexibility index (Phi) is 4.97. The maximum Gasteiger partial charge on any atom is 0.573 e. The first kappa shape index (κ1) is 20.3. The van der Waals surface area contributed by atoms with Crippen molar-refractivity contribution in [1.29, 1.82) is 0 Å². The Balaban J connectivity index is 1.43. The molecule has 0 radical (unpaired) electrons. The van der Waals surface area contributed by atoms with E-state index in [9.17, 15) is 18.3 Å². The molecule has 2 aliphatic heterocycles. The van der Waals surface area contributed by atoms with Crippen LogP contribution in [0.5, 0.6) is 17.2 Å². The minimum Gasteiger partial charge on any atom is -0.454 e. The summed E-state index contributed by atoms with van der Waals surface area (Å²) in [5, 5.41) is 9.79. The Morgan fingerprint density at radius 1 is 1.03 bits per heavy atom. The third-order valence-corrected chi connectivity index (χ3v) is 5.30. The lowest BCUT2D eigenvalue weighted by molar-refractivity contribution is -0.274. The molecule has 0 bridgehead atoms. The van der Waals surface area contributed by atoms with Crippen LogP contribution in [0.1, 0.15) is 12.0 Å². The summed E-state index contributed by atoms with van der Waals surface area (Å²) in [5.74, 6) is 1.31. The van der Waals surface area contributed by atoms with Gasteiger partial charge in [0.2, 0.25) is 0 Å². The molecular weight excluding hydrogens is 423 g/mol. The van der Waals surface area contributed by atoms with Crippen molar-refractivity contribution in [2.24, 2.45) is 4.99 Å². The van der Waals surface area contributed by atoms with E-state index in [1.807, 2.05) is 29.2 Å². The molecule has 164 valence electrons. The summed E-state index contributed by atoms with van der Waals surface area (Å²) in [5.41, 5.74) is 2.78. The van der Waals surface area contributed by atoms with Crippen molar-refractivity contribution >= 4 is 17.7 Å². The molecule has 0 saturated carbocycles. The molecule has 5 rings (SSSR count). The number of benzene rings is 2. The summed E-state index contributed by atoms with van der Waals surface area (Å²) in [6, 6.07) is 13.2. The van der Waals surface area contributed by atoms with Crippen molar-refractivity contribution in [3.05, 3.63) is 60.3 Å². The van der Waals surface area contributed by atoms with Crippen LogP contribution in [0.15, 0.2) is 59.7 Å². The minimum atomic E-state index is -4.78. The molecule has 1 atom stereocenters. The van der Waals surface area contributed by atoms with Gasteiger partial charge >= 0.3 is 6.36 Å². The zero-order valence-corrected chi connectivity index (χ0v) is 16.7.